The molecule has 7 heteroatoms. The summed E-state index contributed by atoms with van der Waals surface area (Å²) in [6.07, 6.45) is 7.03. The largest absolute Gasteiger partial charge is 0.371 e. The van der Waals surface area contributed by atoms with Crippen molar-refractivity contribution in [2.75, 3.05) is 24.5 Å². The molecule has 6 nitrogen and oxygen atoms in total. The second-order valence-electron chi connectivity index (χ2n) is 8.08. The topological polar surface area (TPSA) is 54.3 Å². The van der Waals surface area contributed by atoms with Gasteiger partial charge in [-0.1, -0.05) is 12.1 Å². The molecular formula is C23H24FN5O. The standard InChI is InChI=1S/C23H24FN5O/c1-2-28-13-17(11-26-28)23(30)29-14-18-12-27(20-6-8-25-9-7-20)15-21(18)22(29)16-4-3-5-19(24)10-16/h3-11,13,18,21-22H,2,12,14-15H2,1H3/t18-,21-,22-/m0/s1. The highest BCUT2D eigenvalue weighted by atomic mass is 19.1. The van der Waals surface area contributed by atoms with E-state index >= 15 is 0 Å². The molecule has 3 aromatic rings. The third-order valence-electron chi connectivity index (χ3n) is 6.35. The molecule has 1 aromatic carbocycles. The van der Waals surface area contributed by atoms with Crippen molar-refractivity contribution in [1.29, 1.82) is 0 Å². The zero-order valence-corrected chi connectivity index (χ0v) is 16.9. The Morgan fingerprint density at radius 2 is 2.00 bits per heavy atom. The highest BCUT2D eigenvalue weighted by Crippen LogP contribution is 2.46. The molecule has 4 heterocycles. The summed E-state index contributed by atoms with van der Waals surface area (Å²) >= 11 is 0. The van der Waals surface area contributed by atoms with Crippen LogP contribution in [0.2, 0.25) is 0 Å². The number of hydrogen-bond acceptors (Lipinski definition) is 4. The van der Waals surface area contributed by atoms with Crippen LogP contribution >= 0.6 is 0 Å². The molecule has 5 rings (SSSR count). The lowest BCUT2D eigenvalue weighted by atomic mass is 9.89. The number of halogens is 1. The molecule has 30 heavy (non-hydrogen) atoms. The van der Waals surface area contributed by atoms with E-state index in [1.54, 1.807) is 41.6 Å². The van der Waals surface area contributed by atoms with Crippen LogP contribution < -0.4 is 4.90 Å². The normalized spacial score (nSPS) is 23.1. The fourth-order valence-electron chi connectivity index (χ4n) is 4.95. The molecule has 2 aromatic heterocycles. The van der Waals surface area contributed by atoms with Crippen molar-refractivity contribution in [2.24, 2.45) is 11.8 Å². The molecule has 0 spiro atoms. The Kier molecular flexibility index (Phi) is 4.73. The van der Waals surface area contributed by atoms with Crippen LogP contribution in [0, 0.1) is 17.7 Å². The highest BCUT2D eigenvalue weighted by Gasteiger charge is 2.49. The Bertz CT molecular complexity index is 1050. The van der Waals surface area contributed by atoms with Gasteiger partial charge in [-0.3, -0.25) is 14.5 Å². The van der Waals surface area contributed by atoms with Gasteiger partial charge in [0.1, 0.15) is 5.82 Å². The van der Waals surface area contributed by atoms with Crippen LogP contribution in [0.25, 0.3) is 0 Å². The van der Waals surface area contributed by atoms with Gasteiger partial charge in [0.15, 0.2) is 0 Å². The second kappa shape index (κ2) is 7.55. The number of carbonyl (C=O) groups is 1. The molecule has 3 atom stereocenters. The number of nitrogens with zero attached hydrogens (tertiary/aromatic N) is 5. The van der Waals surface area contributed by atoms with Gasteiger partial charge in [0.05, 0.1) is 17.8 Å². The number of likely N-dealkylation sites (tertiary alicyclic amines) is 1. The quantitative estimate of drug-likeness (QED) is 0.668. The Hall–Kier alpha value is -3.22. The van der Waals surface area contributed by atoms with Crippen molar-refractivity contribution < 1.29 is 9.18 Å². The Morgan fingerprint density at radius 1 is 1.17 bits per heavy atom. The maximum atomic E-state index is 14.1. The van der Waals surface area contributed by atoms with Crippen LogP contribution in [0.3, 0.4) is 0 Å². The highest BCUT2D eigenvalue weighted by molar-refractivity contribution is 5.94. The molecule has 0 bridgehead atoms. The summed E-state index contributed by atoms with van der Waals surface area (Å²) < 4.78 is 15.8. The molecule has 0 aliphatic carbocycles. The average molecular weight is 405 g/mol. The number of fused-ring (bicyclic) bond motifs is 1. The van der Waals surface area contributed by atoms with Gasteiger partial charge in [0, 0.05) is 62.3 Å². The lowest BCUT2D eigenvalue weighted by molar-refractivity contribution is 0.0715. The molecule has 2 fully saturated rings. The van der Waals surface area contributed by atoms with Crippen molar-refractivity contribution in [3.8, 4) is 0 Å². The maximum Gasteiger partial charge on any atom is 0.257 e. The minimum absolute atomic E-state index is 0.0335. The van der Waals surface area contributed by atoms with E-state index in [9.17, 15) is 9.18 Å². The van der Waals surface area contributed by atoms with Gasteiger partial charge >= 0.3 is 0 Å². The van der Waals surface area contributed by atoms with Gasteiger partial charge < -0.3 is 9.80 Å². The van der Waals surface area contributed by atoms with Crippen molar-refractivity contribution in [2.45, 2.75) is 19.5 Å². The summed E-state index contributed by atoms with van der Waals surface area (Å²) in [5.41, 5.74) is 2.58. The Balaban J connectivity index is 1.47. The lowest BCUT2D eigenvalue weighted by Gasteiger charge is -2.30. The van der Waals surface area contributed by atoms with E-state index in [1.165, 1.54) is 6.07 Å². The molecule has 154 valence electrons. The van der Waals surface area contributed by atoms with Crippen LogP contribution in [-0.4, -0.2) is 45.2 Å². The van der Waals surface area contributed by atoms with Crippen molar-refractivity contribution in [1.82, 2.24) is 19.7 Å². The molecule has 0 unspecified atom stereocenters. The van der Waals surface area contributed by atoms with Crippen molar-refractivity contribution in [3.63, 3.8) is 0 Å². The minimum Gasteiger partial charge on any atom is -0.371 e. The number of aryl methyl sites for hydroxylation is 1. The summed E-state index contributed by atoms with van der Waals surface area (Å²) in [7, 11) is 0. The van der Waals surface area contributed by atoms with E-state index in [-0.39, 0.29) is 23.7 Å². The van der Waals surface area contributed by atoms with Gasteiger partial charge in [-0.05, 0) is 36.8 Å². The SMILES string of the molecule is CCn1cc(C(=O)N2C[C@@H]3CN(c4ccncc4)C[C@@H]3[C@@H]2c2cccc(F)c2)cn1. The number of hydrogen-bond donors (Lipinski definition) is 0. The molecule has 0 N–H and O–H groups in total. The molecule has 2 saturated heterocycles. The number of pyridine rings is 1. The van der Waals surface area contributed by atoms with Crippen molar-refractivity contribution in [3.05, 3.63) is 78.1 Å². The van der Waals surface area contributed by atoms with Crippen LogP contribution in [0.15, 0.2) is 61.2 Å². The lowest BCUT2D eigenvalue weighted by Crippen LogP contribution is -2.35. The number of rotatable bonds is 4. The van der Waals surface area contributed by atoms with E-state index in [4.69, 9.17) is 0 Å². The summed E-state index contributed by atoms with van der Waals surface area (Å²) in [5.74, 6) is 0.265. The van der Waals surface area contributed by atoms with Crippen LogP contribution in [0.4, 0.5) is 10.1 Å². The smallest absolute Gasteiger partial charge is 0.257 e. The Morgan fingerprint density at radius 3 is 2.73 bits per heavy atom. The van der Waals surface area contributed by atoms with Crippen molar-refractivity contribution >= 4 is 11.6 Å². The molecule has 2 aliphatic heterocycles. The molecule has 2 aliphatic rings. The number of anilines is 1. The minimum atomic E-state index is -0.272. The predicted octanol–water partition coefficient (Wildman–Crippen LogP) is 3.39. The number of benzene rings is 1. The van der Waals surface area contributed by atoms with E-state index in [0.29, 0.717) is 24.6 Å². The first-order chi connectivity index (χ1) is 14.6. The molecule has 0 saturated carbocycles. The first-order valence-corrected chi connectivity index (χ1v) is 10.4. The summed E-state index contributed by atoms with van der Waals surface area (Å²) in [6.45, 7) is 5.06. The van der Waals surface area contributed by atoms with E-state index in [0.717, 1.165) is 24.3 Å². The third kappa shape index (κ3) is 3.24. The number of carbonyl (C=O) groups excluding carboxylic acids is 1. The van der Waals surface area contributed by atoms with Gasteiger partial charge in [-0.25, -0.2) is 4.39 Å². The maximum absolute atomic E-state index is 14.1. The Labute approximate surface area is 174 Å². The first kappa shape index (κ1) is 18.8. The molecule has 0 radical (unpaired) electrons. The third-order valence-corrected chi connectivity index (χ3v) is 6.35. The predicted molar refractivity (Wildman–Crippen MR) is 112 cm³/mol. The summed E-state index contributed by atoms with van der Waals surface area (Å²) in [5, 5.41) is 4.26. The fourth-order valence-corrected chi connectivity index (χ4v) is 4.95. The summed E-state index contributed by atoms with van der Waals surface area (Å²) in [4.78, 5) is 21.8. The van der Waals surface area contributed by atoms with E-state index in [1.807, 2.05) is 30.0 Å². The van der Waals surface area contributed by atoms with Gasteiger partial charge in [0.25, 0.3) is 5.91 Å². The average Bonchev–Trinajstić information content (AvgIpc) is 3.48. The second-order valence-corrected chi connectivity index (χ2v) is 8.08. The van der Waals surface area contributed by atoms with Gasteiger partial charge in [0.2, 0.25) is 0 Å². The van der Waals surface area contributed by atoms with Crippen LogP contribution in [0.1, 0.15) is 28.9 Å². The van der Waals surface area contributed by atoms with Crippen LogP contribution in [0.5, 0.6) is 0 Å². The molecular weight excluding hydrogens is 381 g/mol. The van der Waals surface area contributed by atoms with Gasteiger partial charge in [-0.2, -0.15) is 5.10 Å². The van der Waals surface area contributed by atoms with E-state index in [2.05, 4.69) is 15.0 Å². The van der Waals surface area contributed by atoms with Crippen LogP contribution in [-0.2, 0) is 6.54 Å². The summed E-state index contributed by atoms with van der Waals surface area (Å²) in [6, 6.07) is 10.5. The number of aromatic nitrogens is 3. The fraction of sp³-hybridized carbons (Fsp3) is 0.348. The van der Waals surface area contributed by atoms with Gasteiger partial charge in [-0.15, -0.1) is 0 Å². The van der Waals surface area contributed by atoms with E-state index < -0.39 is 0 Å². The zero-order valence-electron chi connectivity index (χ0n) is 16.9. The first-order valence-electron chi connectivity index (χ1n) is 10.4. The number of amides is 1. The molecule has 1 amide bonds. The zero-order chi connectivity index (χ0) is 20.7. The monoisotopic (exact) mass is 405 g/mol.